The van der Waals surface area contributed by atoms with E-state index in [0.29, 0.717) is 12.3 Å². The second kappa shape index (κ2) is 2.16. The molecule has 1 N–H and O–H groups in total. The van der Waals surface area contributed by atoms with Gasteiger partial charge >= 0.3 is 0 Å². The van der Waals surface area contributed by atoms with E-state index in [1.54, 1.807) is 13.8 Å². The normalized spacial score (nSPS) is 25.0. The number of ether oxygens (including phenoxy) is 1. The van der Waals surface area contributed by atoms with Crippen molar-refractivity contribution in [3.05, 3.63) is 0 Å². The summed E-state index contributed by atoms with van der Waals surface area (Å²) in [7, 11) is 0. The fraction of sp³-hybridized carbons (Fsp3) is 0.714. The number of rotatable bonds is 0. The van der Waals surface area contributed by atoms with Crippen molar-refractivity contribution in [1.29, 1.82) is 5.41 Å². The van der Waals surface area contributed by atoms with Crippen molar-refractivity contribution in [2.45, 2.75) is 25.9 Å². The van der Waals surface area contributed by atoms with Gasteiger partial charge in [0.05, 0.1) is 6.61 Å². The third kappa shape index (κ3) is 1.24. The Balaban J connectivity index is 2.70. The molecule has 0 unspecified atom stereocenters. The van der Waals surface area contributed by atoms with E-state index < -0.39 is 5.60 Å². The number of hydrogen-bond acceptors (Lipinski definition) is 3. The van der Waals surface area contributed by atoms with Crippen molar-refractivity contribution in [1.82, 2.24) is 0 Å². The van der Waals surface area contributed by atoms with E-state index in [1.165, 1.54) is 0 Å². The van der Waals surface area contributed by atoms with Crippen LogP contribution < -0.4 is 0 Å². The van der Waals surface area contributed by atoms with Gasteiger partial charge in [0.15, 0.2) is 5.78 Å². The molecule has 10 heavy (non-hydrogen) atoms. The lowest BCUT2D eigenvalue weighted by molar-refractivity contribution is -0.139. The number of hydrogen-bond donors (Lipinski definition) is 1. The van der Waals surface area contributed by atoms with Crippen molar-refractivity contribution in [3.63, 3.8) is 0 Å². The predicted molar refractivity (Wildman–Crippen MR) is 37.4 cm³/mol. The molecule has 1 aliphatic rings. The Labute approximate surface area is 59.9 Å². The van der Waals surface area contributed by atoms with Gasteiger partial charge in [-0.3, -0.25) is 4.79 Å². The van der Waals surface area contributed by atoms with E-state index in [0.717, 1.165) is 0 Å². The molecule has 1 rings (SSSR count). The highest BCUT2D eigenvalue weighted by molar-refractivity contribution is 6.06. The van der Waals surface area contributed by atoms with Gasteiger partial charge in [-0.05, 0) is 13.8 Å². The molecular formula is C7H11NO2. The number of nitrogens with one attached hydrogen (secondary N) is 1. The molecule has 1 fully saturated rings. The quantitative estimate of drug-likeness (QED) is 0.541. The van der Waals surface area contributed by atoms with Crippen LogP contribution in [-0.2, 0) is 9.53 Å². The van der Waals surface area contributed by atoms with Gasteiger partial charge < -0.3 is 10.1 Å². The lowest BCUT2D eigenvalue weighted by Crippen LogP contribution is -2.42. The molecule has 0 bridgehead atoms. The molecule has 1 saturated heterocycles. The number of Topliss-reactive ketones (excluding diaryl/α,β-unsaturated/α-hetero) is 1. The molecule has 0 amide bonds. The molecule has 0 spiro atoms. The number of carbonyl (C=O) groups is 1. The van der Waals surface area contributed by atoms with Gasteiger partial charge in [-0.1, -0.05) is 0 Å². The summed E-state index contributed by atoms with van der Waals surface area (Å²) in [5.41, 5.74) is -0.283. The second-order valence-electron chi connectivity index (χ2n) is 3.00. The van der Waals surface area contributed by atoms with E-state index >= 15 is 0 Å². The fourth-order valence-corrected chi connectivity index (χ4v) is 0.806. The summed E-state index contributed by atoms with van der Waals surface area (Å²) in [6, 6.07) is 0. The molecule has 0 radical (unpaired) electrons. The number of carbonyl (C=O) groups excluding carboxylic acids is 1. The Morgan fingerprint density at radius 3 is 2.60 bits per heavy atom. The van der Waals surface area contributed by atoms with Gasteiger partial charge in [-0.2, -0.15) is 0 Å². The maximum absolute atomic E-state index is 11.1. The SMILES string of the molecule is CC1(C)OCC(=N)CC1=O. The molecule has 0 aromatic rings. The van der Waals surface area contributed by atoms with Crippen molar-refractivity contribution < 1.29 is 9.53 Å². The fourth-order valence-electron chi connectivity index (χ4n) is 0.806. The number of ketones is 1. The highest BCUT2D eigenvalue weighted by Gasteiger charge is 2.33. The lowest BCUT2D eigenvalue weighted by atomic mass is 9.96. The summed E-state index contributed by atoms with van der Waals surface area (Å²) in [6.45, 7) is 3.78. The van der Waals surface area contributed by atoms with Crippen LogP contribution >= 0.6 is 0 Å². The monoisotopic (exact) mass is 141 g/mol. The van der Waals surface area contributed by atoms with Gasteiger partial charge in [0.1, 0.15) is 5.60 Å². The minimum absolute atomic E-state index is 0.00347. The van der Waals surface area contributed by atoms with E-state index in [9.17, 15) is 4.79 Å². The largest absolute Gasteiger partial charge is 0.362 e. The molecule has 0 aromatic carbocycles. The van der Waals surface area contributed by atoms with E-state index in [4.69, 9.17) is 10.1 Å². The molecule has 0 aliphatic carbocycles. The summed E-state index contributed by atoms with van der Waals surface area (Å²) >= 11 is 0. The van der Waals surface area contributed by atoms with Crippen LogP contribution in [0.15, 0.2) is 0 Å². The average Bonchev–Trinajstić information content (AvgIpc) is 1.81. The summed E-state index contributed by atoms with van der Waals surface area (Å²) < 4.78 is 5.12. The standard InChI is InChI=1S/C7H11NO2/c1-7(2)6(9)3-5(8)4-10-7/h8H,3-4H2,1-2H3. The van der Waals surface area contributed by atoms with Crippen LogP contribution in [0.3, 0.4) is 0 Å². The summed E-state index contributed by atoms with van der Waals surface area (Å²) in [4.78, 5) is 11.1. The maximum atomic E-state index is 11.1. The van der Waals surface area contributed by atoms with E-state index in [2.05, 4.69) is 0 Å². The minimum atomic E-state index is -0.662. The molecule has 3 heteroatoms. The topological polar surface area (TPSA) is 50.1 Å². The molecule has 56 valence electrons. The molecular weight excluding hydrogens is 130 g/mol. The van der Waals surface area contributed by atoms with Gasteiger partial charge in [0.25, 0.3) is 0 Å². The van der Waals surface area contributed by atoms with Crippen LogP contribution in [0.4, 0.5) is 0 Å². The zero-order chi connectivity index (χ0) is 7.78. The zero-order valence-electron chi connectivity index (χ0n) is 6.23. The molecule has 0 saturated carbocycles. The smallest absolute Gasteiger partial charge is 0.169 e. The maximum Gasteiger partial charge on any atom is 0.169 e. The van der Waals surface area contributed by atoms with Crippen molar-refractivity contribution in [2.24, 2.45) is 0 Å². The first-order chi connectivity index (χ1) is 4.52. The molecule has 1 heterocycles. The highest BCUT2D eigenvalue weighted by atomic mass is 16.5. The van der Waals surface area contributed by atoms with Crippen LogP contribution in [0, 0.1) is 5.41 Å². The van der Waals surface area contributed by atoms with Crippen LogP contribution in [0.25, 0.3) is 0 Å². The Hall–Kier alpha value is -0.700. The third-order valence-electron chi connectivity index (χ3n) is 1.65. The first kappa shape index (κ1) is 7.41. The van der Waals surface area contributed by atoms with Crippen LogP contribution in [0.1, 0.15) is 20.3 Å². The van der Waals surface area contributed by atoms with Gasteiger partial charge in [-0.25, -0.2) is 0 Å². The van der Waals surface area contributed by atoms with Crippen LogP contribution in [0.2, 0.25) is 0 Å². The third-order valence-corrected chi connectivity index (χ3v) is 1.65. The van der Waals surface area contributed by atoms with Gasteiger partial charge in [0, 0.05) is 12.1 Å². The first-order valence-electron chi connectivity index (χ1n) is 3.26. The van der Waals surface area contributed by atoms with Gasteiger partial charge in [-0.15, -0.1) is 0 Å². The Kier molecular flexibility index (Phi) is 1.60. The van der Waals surface area contributed by atoms with E-state index in [-0.39, 0.29) is 12.2 Å². The van der Waals surface area contributed by atoms with Gasteiger partial charge in [0.2, 0.25) is 0 Å². The molecule has 0 aromatic heterocycles. The average molecular weight is 141 g/mol. The zero-order valence-corrected chi connectivity index (χ0v) is 6.23. The summed E-state index contributed by atoms with van der Waals surface area (Å²) in [5.74, 6) is 0.00347. The highest BCUT2D eigenvalue weighted by Crippen LogP contribution is 2.17. The van der Waals surface area contributed by atoms with Crippen molar-refractivity contribution in [2.75, 3.05) is 6.61 Å². The second-order valence-corrected chi connectivity index (χ2v) is 3.00. The summed E-state index contributed by atoms with van der Waals surface area (Å²) in [6.07, 6.45) is 0.257. The van der Waals surface area contributed by atoms with Crippen molar-refractivity contribution >= 4 is 11.5 Å². The first-order valence-corrected chi connectivity index (χ1v) is 3.26. The Morgan fingerprint density at radius 1 is 1.60 bits per heavy atom. The Bertz CT molecular complexity index is 184. The molecule has 1 aliphatic heterocycles. The van der Waals surface area contributed by atoms with E-state index in [1.807, 2.05) is 0 Å². The van der Waals surface area contributed by atoms with Crippen LogP contribution in [-0.4, -0.2) is 23.7 Å². The predicted octanol–water partition coefficient (Wildman–Crippen LogP) is 0.774. The molecule has 3 nitrogen and oxygen atoms in total. The lowest BCUT2D eigenvalue weighted by Gasteiger charge is -2.28. The summed E-state index contributed by atoms with van der Waals surface area (Å²) in [5, 5.41) is 7.15. The van der Waals surface area contributed by atoms with Crippen molar-refractivity contribution in [3.8, 4) is 0 Å². The minimum Gasteiger partial charge on any atom is -0.362 e. The molecule has 0 atom stereocenters. The van der Waals surface area contributed by atoms with Crippen LogP contribution in [0.5, 0.6) is 0 Å². The Morgan fingerprint density at radius 2 is 2.20 bits per heavy atom.